The molecule has 1 N–H and O–H groups in total. The van der Waals surface area contributed by atoms with Crippen LogP contribution >= 0.6 is 0 Å². The highest BCUT2D eigenvalue weighted by Crippen LogP contribution is 2.18. The van der Waals surface area contributed by atoms with Crippen molar-refractivity contribution in [2.24, 2.45) is 0 Å². The van der Waals surface area contributed by atoms with Crippen LogP contribution in [0.25, 0.3) is 0 Å². The van der Waals surface area contributed by atoms with Gasteiger partial charge in [0.25, 0.3) is 5.56 Å². The van der Waals surface area contributed by atoms with Crippen LogP contribution in [0.3, 0.4) is 0 Å². The summed E-state index contributed by atoms with van der Waals surface area (Å²) in [6.45, 7) is 0.372. The minimum atomic E-state index is -0.0226. The zero-order valence-corrected chi connectivity index (χ0v) is 12.8. The molecule has 1 heterocycles. The molecule has 0 aliphatic heterocycles. The first-order valence-corrected chi connectivity index (χ1v) is 8.06. The van der Waals surface area contributed by atoms with Gasteiger partial charge < -0.3 is 9.67 Å². The van der Waals surface area contributed by atoms with E-state index in [-0.39, 0.29) is 12.2 Å². The highest BCUT2D eigenvalue weighted by molar-refractivity contribution is 5.21. The molecule has 0 fully saturated rings. The molecule has 1 aromatic heterocycles. The molecule has 22 heavy (non-hydrogen) atoms. The van der Waals surface area contributed by atoms with Gasteiger partial charge in [-0.25, -0.2) is 0 Å². The molecule has 4 nitrogen and oxygen atoms in total. The zero-order valence-electron chi connectivity index (χ0n) is 12.8. The van der Waals surface area contributed by atoms with E-state index in [9.17, 15) is 9.90 Å². The minimum absolute atomic E-state index is 0.00547. The number of benzene rings is 1. The van der Waals surface area contributed by atoms with Gasteiger partial charge in [0.05, 0.1) is 12.3 Å². The molecule has 0 bridgehead atoms. The van der Waals surface area contributed by atoms with Gasteiger partial charge in [0.2, 0.25) is 0 Å². The van der Waals surface area contributed by atoms with E-state index in [0.717, 1.165) is 43.5 Å². The number of hydrogen-bond donors (Lipinski definition) is 1. The van der Waals surface area contributed by atoms with Gasteiger partial charge in [-0.15, -0.1) is 0 Å². The first kappa shape index (κ1) is 15.0. The zero-order chi connectivity index (χ0) is 15.4. The van der Waals surface area contributed by atoms with Crippen molar-refractivity contribution >= 4 is 0 Å². The molecule has 1 aromatic carbocycles. The number of rotatable bonds is 5. The average Bonchev–Trinajstić information content (AvgIpc) is 2.57. The van der Waals surface area contributed by atoms with Crippen molar-refractivity contribution < 1.29 is 5.11 Å². The highest BCUT2D eigenvalue weighted by Gasteiger charge is 2.18. The maximum atomic E-state index is 12.6. The maximum absolute atomic E-state index is 12.6. The SMILES string of the molecule is O=c1c(CCc2ccccc2)nc2c(n1CCO)CCCC2. The van der Waals surface area contributed by atoms with Crippen LogP contribution in [0.2, 0.25) is 0 Å². The van der Waals surface area contributed by atoms with E-state index >= 15 is 0 Å². The van der Waals surface area contributed by atoms with E-state index in [0.29, 0.717) is 18.7 Å². The summed E-state index contributed by atoms with van der Waals surface area (Å²) >= 11 is 0. The van der Waals surface area contributed by atoms with Crippen LogP contribution in [0.15, 0.2) is 35.1 Å². The number of hydrogen-bond acceptors (Lipinski definition) is 3. The van der Waals surface area contributed by atoms with Crippen molar-refractivity contribution in [1.29, 1.82) is 0 Å². The molecule has 0 unspecified atom stereocenters. The molecule has 0 atom stereocenters. The third kappa shape index (κ3) is 3.12. The van der Waals surface area contributed by atoms with Crippen molar-refractivity contribution in [3.05, 3.63) is 63.3 Å². The predicted octanol–water partition coefficient (Wildman–Crippen LogP) is 1.90. The van der Waals surface area contributed by atoms with E-state index in [1.807, 2.05) is 18.2 Å². The summed E-state index contributed by atoms with van der Waals surface area (Å²) in [6.07, 6.45) is 5.55. The van der Waals surface area contributed by atoms with Crippen molar-refractivity contribution in [3.63, 3.8) is 0 Å². The molecular weight excluding hydrogens is 276 g/mol. The maximum Gasteiger partial charge on any atom is 0.272 e. The number of nitrogens with zero attached hydrogens (tertiary/aromatic N) is 2. The van der Waals surface area contributed by atoms with Gasteiger partial charge in [-0.05, 0) is 44.1 Å². The lowest BCUT2D eigenvalue weighted by Crippen LogP contribution is -2.32. The predicted molar refractivity (Wildman–Crippen MR) is 86.1 cm³/mol. The lowest BCUT2D eigenvalue weighted by atomic mass is 9.99. The third-order valence-electron chi connectivity index (χ3n) is 4.31. The molecule has 116 valence electrons. The van der Waals surface area contributed by atoms with E-state index in [1.165, 1.54) is 5.56 Å². The second kappa shape index (κ2) is 6.88. The summed E-state index contributed by atoms with van der Waals surface area (Å²) in [5.74, 6) is 0. The second-order valence-corrected chi connectivity index (χ2v) is 5.82. The topological polar surface area (TPSA) is 55.1 Å². The number of aryl methyl sites for hydroxylation is 3. The van der Waals surface area contributed by atoms with Crippen LogP contribution in [0.1, 0.15) is 35.5 Å². The normalized spacial score (nSPS) is 13.9. The van der Waals surface area contributed by atoms with Crippen LogP contribution in [0.5, 0.6) is 0 Å². The molecule has 0 amide bonds. The lowest BCUT2D eigenvalue weighted by molar-refractivity contribution is 0.270. The van der Waals surface area contributed by atoms with Crippen molar-refractivity contribution in [2.45, 2.75) is 45.1 Å². The van der Waals surface area contributed by atoms with Crippen LogP contribution < -0.4 is 5.56 Å². The Kier molecular flexibility index (Phi) is 4.68. The van der Waals surface area contributed by atoms with E-state index in [4.69, 9.17) is 0 Å². The summed E-state index contributed by atoms with van der Waals surface area (Å²) in [6, 6.07) is 10.2. The second-order valence-electron chi connectivity index (χ2n) is 5.82. The molecule has 0 radical (unpaired) electrons. The Labute approximate surface area is 130 Å². The Morgan fingerprint density at radius 2 is 1.86 bits per heavy atom. The molecule has 1 aliphatic rings. The molecule has 4 heteroatoms. The van der Waals surface area contributed by atoms with Crippen LogP contribution in [-0.2, 0) is 32.2 Å². The van der Waals surface area contributed by atoms with Gasteiger partial charge in [-0.1, -0.05) is 30.3 Å². The van der Waals surface area contributed by atoms with Crippen molar-refractivity contribution in [2.75, 3.05) is 6.61 Å². The standard InChI is InChI=1S/C18H22N2O2/c21-13-12-20-17-9-5-4-8-15(17)19-16(18(20)22)11-10-14-6-2-1-3-7-14/h1-3,6-7,21H,4-5,8-13H2. The fourth-order valence-corrected chi connectivity index (χ4v) is 3.18. The van der Waals surface area contributed by atoms with E-state index in [2.05, 4.69) is 17.1 Å². The lowest BCUT2D eigenvalue weighted by Gasteiger charge is -2.21. The number of fused-ring (bicyclic) bond motifs is 1. The average molecular weight is 298 g/mol. The smallest absolute Gasteiger partial charge is 0.272 e. The number of aliphatic hydroxyl groups is 1. The monoisotopic (exact) mass is 298 g/mol. The fourth-order valence-electron chi connectivity index (χ4n) is 3.18. The summed E-state index contributed by atoms with van der Waals surface area (Å²) in [5.41, 5.74) is 3.93. The summed E-state index contributed by atoms with van der Waals surface area (Å²) in [7, 11) is 0. The van der Waals surface area contributed by atoms with Crippen LogP contribution in [-0.4, -0.2) is 21.3 Å². The Morgan fingerprint density at radius 3 is 2.64 bits per heavy atom. The fraction of sp³-hybridized carbons (Fsp3) is 0.444. The molecule has 0 saturated carbocycles. The van der Waals surface area contributed by atoms with Gasteiger partial charge in [0.1, 0.15) is 5.69 Å². The van der Waals surface area contributed by atoms with Gasteiger partial charge in [-0.3, -0.25) is 9.78 Å². The summed E-state index contributed by atoms with van der Waals surface area (Å²) in [5, 5.41) is 9.26. The van der Waals surface area contributed by atoms with Crippen LogP contribution in [0.4, 0.5) is 0 Å². The molecular formula is C18H22N2O2. The van der Waals surface area contributed by atoms with Gasteiger partial charge in [0.15, 0.2) is 0 Å². The Morgan fingerprint density at radius 1 is 1.09 bits per heavy atom. The van der Waals surface area contributed by atoms with Gasteiger partial charge in [-0.2, -0.15) is 0 Å². The van der Waals surface area contributed by atoms with Crippen molar-refractivity contribution in [1.82, 2.24) is 9.55 Å². The molecule has 3 rings (SSSR count). The molecule has 2 aromatic rings. The first-order chi connectivity index (χ1) is 10.8. The van der Waals surface area contributed by atoms with Crippen molar-refractivity contribution in [3.8, 4) is 0 Å². The van der Waals surface area contributed by atoms with Gasteiger partial charge >= 0.3 is 0 Å². The molecule has 1 aliphatic carbocycles. The Hall–Kier alpha value is -1.94. The summed E-state index contributed by atoms with van der Waals surface area (Å²) in [4.78, 5) is 17.3. The Bertz CT molecular complexity index is 692. The first-order valence-electron chi connectivity index (χ1n) is 8.06. The van der Waals surface area contributed by atoms with Gasteiger partial charge in [0, 0.05) is 12.2 Å². The number of aliphatic hydroxyl groups excluding tert-OH is 1. The Balaban J connectivity index is 1.90. The molecule has 0 spiro atoms. The summed E-state index contributed by atoms with van der Waals surface area (Å²) < 4.78 is 1.75. The molecule has 0 saturated heterocycles. The van der Waals surface area contributed by atoms with E-state index in [1.54, 1.807) is 4.57 Å². The largest absolute Gasteiger partial charge is 0.395 e. The third-order valence-corrected chi connectivity index (χ3v) is 4.31. The quantitative estimate of drug-likeness (QED) is 0.917. The van der Waals surface area contributed by atoms with Crippen LogP contribution in [0, 0.1) is 0 Å². The highest BCUT2D eigenvalue weighted by atomic mass is 16.3. The number of aromatic nitrogens is 2. The minimum Gasteiger partial charge on any atom is -0.395 e. The van der Waals surface area contributed by atoms with E-state index < -0.39 is 0 Å².